The topological polar surface area (TPSA) is 43.1 Å². The van der Waals surface area contributed by atoms with Crippen LogP contribution >= 0.6 is 12.4 Å². The van der Waals surface area contributed by atoms with Crippen LogP contribution in [0.4, 0.5) is 0 Å². The molecule has 0 bridgehead atoms. The molecule has 1 atom stereocenters. The van der Waals surface area contributed by atoms with Gasteiger partial charge in [0, 0.05) is 18.0 Å². The van der Waals surface area contributed by atoms with E-state index in [2.05, 4.69) is 0 Å². The van der Waals surface area contributed by atoms with E-state index in [1.807, 2.05) is 60.7 Å². The lowest BCUT2D eigenvalue weighted by Gasteiger charge is -2.11. The van der Waals surface area contributed by atoms with Crippen molar-refractivity contribution in [1.82, 2.24) is 0 Å². The average molecular weight is 276 g/mol. The standard InChI is InChI=1S/C16H17NO.ClH/c17-15(13-7-3-1-4-8-13)11-12-16(18)14-9-5-2-6-10-14;/h1-10,15H,11-12,17H2;1H/t15-;/m1./s1. The van der Waals surface area contributed by atoms with Gasteiger partial charge in [0.15, 0.2) is 5.78 Å². The summed E-state index contributed by atoms with van der Waals surface area (Å²) in [6, 6.07) is 19.2. The van der Waals surface area contributed by atoms with Crippen LogP contribution in [0.2, 0.25) is 0 Å². The third-order valence-corrected chi connectivity index (χ3v) is 3.01. The molecule has 0 heterocycles. The minimum absolute atomic E-state index is 0. The van der Waals surface area contributed by atoms with Crippen molar-refractivity contribution in [3.63, 3.8) is 0 Å². The highest BCUT2D eigenvalue weighted by Gasteiger charge is 2.10. The fraction of sp³-hybridized carbons (Fsp3) is 0.188. The Morgan fingerprint density at radius 3 is 2.05 bits per heavy atom. The maximum absolute atomic E-state index is 11.9. The number of ketones is 1. The highest BCUT2D eigenvalue weighted by atomic mass is 35.5. The molecule has 100 valence electrons. The Morgan fingerprint density at radius 1 is 0.947 bits per heavy atom. The summed E-state index contributed by atoms with van der Waals surface area (Å²) in [5.74, 6) is 0.155. The molecule has 0 aliphatic carbocycles. The van der Waals surface area contributed by atoms with Crippen molar-refractivity contribution in [2.75, 3.05) is 0 Å². The zero-order valence-electron chi connectivity index (χ0n) is 10.7. The first kappa shape index (κ1) is 15.4. The lowest BCUT2D eigenvalue weighted by Crippen LogP contribution is -2.12. The Hall–Kier alpha value is -1.64. The van der Waals surface area contributed by atoms with E-state index in [1.54, 1.807) is 0 Å². The Labute approximate surface area is 120 Å². The van der Waals surface area contributed by atoms with Crippen LogP contribution < -0.4 is 5.73 Å². The lowest BCUT2D eigenvalue weighted by atomic mass is 9.99. The average Bonchev–Trinajstić information content (AvgIpc) is 2.46. The number of halogens is 1. The largest absolute Gasteiger partial charge is 0.324 e. The number of benzene rings is 2. The lowest BCUT2D eigenvalue weighted by molar-refractivity contribution is 0.0977. The summed E-state index contributed by atoms with van der Waals surface area (Å²) in [5, 5.41) is 0. The molecule has 19 heavy (non-hydrogen) atoms. The Balaban J connectivity index is 0.00000180. The number of nitrogens with two attached hydrogens (primary N) is 1. The summed E-state index contributed by atoms with van der Waals surface area (Å²) in [6.07, 6.45) is 1.16. The number of rotatable bonds is 5. The Bertz CT molecular complexity index is 499. The molecule has 0 aliphatic heterocycles. The van der Waals surface area contributed by atoms with Crippen molar-refractivity contribution in [1.29, 1.82) is 0 Å². The fourth-order valence-corrected chi connectivity index (χ4v) is 1.92. The fourth-order valence-electron chi connectivity index (χ4n) is 1.92. The molecule has 0 fully saturated rings. The molecular formula is C16H18ClNO. The van der Waals surface area contributed by atoms with E-state index in [9.17, 15) is 4.79 Å². The molecule has 0 aromatic heterocycles. The molecule has 2 N–H and O–H groups in total. The molecule has 2 rings (SSSR count). The monoisotopic (exact) mass is 275 g/mol. The predicted molar refractivity (Wildman–Crippen MR) is 80.6 cm³/mol. The molecular weight excluding hydrogens is 258 g/mol. The van der Waals surface area contributed by atoms with Gasteiger partial charge in [-0.05, 0) is 12.0 Å². The van der Waals surface area contributed by atoms with Crippen LogP contribution in [0.3, 0.4) is 0 Å². The van der Waals surface area contributed by atoms with E-state index in [-0.39, 0.29) is 24.2 Å². The molecule has 2 aromatic rings. The molecule has 2 aromatic carbocycles. The smallest absolute Gasteiger partial charge is 0.162 e. The van der Waals surface area contributed by atoms with Crippen LogP contribution in [-0.2, 0) is 0 Å². The van der Waals surface area contributed by atoms with Crippen molar-refractivity contribution < 1.29 is 4.79 Å². The van der Waals surface area contributed by atoms with E-state index < -0.39 is 0 Å². The second-order valence-corrected chi connectivity index (χ2v) is 4.35. The summed E-state index contributed by atoms with van der Waals surface area (Å²) in [7, 11) is 0. The van der Waals surface area contributed by atoms with Gasteiger partial charge >= 0.3 is 0 Å². The number of carbonyl (C=O) groups is 1. The minimum atomic E-state index is -0.0705. The van der Waals surface area contributed by atoms with E-state index in [0.29, 0.717) is 12.8 Å². The maximum atomic E-state index is 11.9. The molecule has 0 unspecified atom stereocenters. The van der Waals surface area contributed by atoms with Gasteiger partial charge < -0.3 is 5.73 Å². The second-order valence-electron chi connectivity index (χ2n) is 4.35. The van der Waals surface area contributed by atoms with Gasteiger partial charge in [0.25, 0.3) is 0 Å². The van der Waals surface area contributed by atoms with Gasteiger partial charge in [0.05, 0.1) is 0 Å². The summed E-state index contributed by atoms with van der Waals surface area (Å²) < 4.78 is 0. The van der Waals surface area contributed by atoms with Gasteiger partial charge in [-0.25, -0.2) is 0 Å². The first-order valence-corrected chi connectivity index (χ1v) is 6.16. The molecule has 0 amide bonds. The van der Waals surface area contributed by atoms with Gasteiger partial charge in [-0.1, -0.05) is 60.7 Å². The van der Waals surface area contributed by atoms with Crippen LogP contribution in [0.25, 0.3) is 0 Å². The maximum Gasteiger partial charge on any atom is 0.162 e. The second kappa shape index (κ2) is 7.72. The van der Waals surface area contributed by atoms with Gasteiger partial charge in [-0.3, -0.25) is 4.79 Å². The zero-order chi connectivity index (χ0) is 12.8. The highest BCUT2D eigenvalue weighted by Crippen LogP contribution is 2.16. The van der Waals surface area contributed by atoms with Crippen molar-refractivity contribution in [3.8, 4) is 0 Å². The number of carbonyl (C=O) groups excluding carboxylic acids is 1. The first-order chi connectivity index (χ1) is 8.77. The van der Waals surface area contributed by atoms with Gasteiger partial charge in [0.1, 0.15) is 0 Å². The zero-order valence-corrected chi connectivity index (χ0v) is 11.5. The quantitative estimate of drug-likeness (QED) is 0.844. The van der Waals surface area contributed by atoms with E-state index in [1.165, 1.54) is 0 Å². The molecule has 0 saturated heterocycles. The summed E-state index contributed by atoms with van der Waals surface area (Å²) >= 11 is 0. The van der Waals surface area contributed by atoms with E-state index in [0.717, 1.165) is 11.1 Å². The Kier molecular flexibility index (Phi) is 6.26. The van der Waals surface area contributed by atoms with E-state index in [4.69, 9.17) is 5.73 Å². The van der Waals surface area contributed by atoms with Crippen LogP contribution in [0, 0.1) is 0 Å². The first-order valence-electron chi connectivity index (χ1n) is 6.16. The van der Waals surface area contributed by atoms with Crippen LogP contribution in [0.5, 0.6) is 0 Å². The number of hydrogen-bond acceptors (Lipinski definition) is 2. The molecule has 0 aliphatic rings. The van der Waals surface area contributed by atoms with Crippen LogP contribution in [0.1, 0.15) is 34.8 Å². The van der Waals surface area contributed by atoms with Crippen molar-refractivity contribution >= 4 is 18.2 Å². The summed E-state index contributed by atoms with van der Waals surface area (Å²) in [5.41, 5.74) is 7.91. The molecule has 0 radical (unpaired) electrons. The normalized spacial score (nSPS) is 11.4. The van der Waals surface area contributed by atoms with Gasteiger partial charge in [-0.2, -0.15) is 0 Å². The molecule has 3 heteroatoms. The number of hydrogen-bond donors (Lipinski definition) is 1. The summed E-state index contributed by atoms with van der Waals surface area (Å²) in [6.45, 7) is 0. The van der Waals surface area contributed by atoms with Crippen LogP contribution in [-0.4, -0.2) is 5.78 Å². The van der Waals surface area contributed by atoms with Crippen LogP contribution in [0.15, 0.2) is 60.7 Å². The molecule has 0 saturated carbocycles. The molecule has 0 spiro atoms. The molecule has 2 nitrogen and oxygen atoms in total. The highest BCUT2D eigenvalue weighted by molar-refractivity contribution is 5.95. The van der Waals surface area contributed by atoms with Crippen molar-refractivity contribution in [2.24, 2.45) is 5.73 Å². The number of Topliss-reactive ketones (excluding diaryl/α,β-unsaturated/α-hetero) is 1. The van der Waals surface area contributed by atoms with Gasteiger partial charge in [-0.15, -0.1) is 12.4 Å². The van der Waals surface area contributed by atoms with Gasteiger partial charge in [0.2, 0.25) is 0 Å². The third kappa shape index (κ3) is 4.51. The van der Waals surface area contributed by atoms with E-state index >= 15 is 0 Å². The summed E-state index contributed by atoms with van der Waals surface area (Å²) in [4.78, 5) is 11.9. The minimum Gasteiger partial charge on any atom is -0.324 e. The van der Waals surface area contributed by atoms with Crippen molar-refractivity contribution in [3.05, 3.63) is 71.8 Å². The Morgan fingerprint density at radius 2 is 1.47 bits per heavy atom. The predicted octanol–water partition coefficient (Wildman–Crippen LogP) is 3.77. The third-order valence-electron chi connectivity index (χ3n) is 3.01. The van der Waals surface area contributed by atoms with Crippen molar-refractivity contribution in [2.45, 2.75) is 18.9 Å². The SMILES string of the molecule is Cl.N[C@H](CCC(=O)c1ccccc1)c1ccccc1.